The molecule has 1 saturated carbocycles. The fourth-order valence-corrected chi connectivity index (χ4v) is 3.85. The molecular formula is C21H20N4O2S. The number of carbonyl (C=O) groups is 2. The summed E-state index contributed by atoms with van der Waals surface area (Å²) >= 11 is 1.43. The molecule has 28 heavy (non-hydrogen) atoms. The molecule has 1 heterocycles. The van der Waals surface area contributed by atoms with Gasteiger partial charge < -0.3 is 15.6 Å². The summed E-state index contributed by atoms with van der Waals surface area (Å²) in [5.74, 6) is -0.354. The number of carbonyl (C=O) groups excluding carboxylic acids is 2. The molecule has 1 aliphatic carbocycles. The Morgan fingerprint density at radius 2 is 1.82 bits per heavy atom. The van der Waals surface area contributed by atoms with E-state index in [1.54, 1.807) is 24.3 Å². The van der Waals surface area contributed by atoms with Crippen LogP contribution in [0, 0.1) is 0 Å². The van der Waals surface area contributed by atoms with Gasteiger partial charge in [-0.25, -0.2) is 4.98 Å². The van der Waals surface area contributed by atoms with E-state index >= 15 is 0 Å². The Balaban J connectivity index is 1.43. The lowest BCUT2D eigenvalue weighted by atomic mass is 10.2. The quantitative estimate of drug-likeness (QED) is 0.600. The van der Waals surface area contributed by atoms with Crippen molar-refractivity contribution >= 4 is 29.3 Å². The maximum absolute atomic E-state index is 12.3. The molecule has 1 fully saturated rings. The highest BCUT2D eigenvalue weighted by Gasteiger charge is 2.29. The molecule has 0 bridgehead atoms. The molecule has 0 unspecified atom stereocenters. The van der Waals surface area contributed by atoms with Crippen molar-refractivity contribution < 1.29 is 9.59 Å². The van der Waals surface area contributed by atoms with Crippen molar-refractivity contribution in [2.24, 2.45) is 5.73 Å². The highest BCUT2D eigenvalue weighted by molar-refractivity contribution is 7.99. The Morgan fingerprint density at radius 3 is 2.46 bits per heavy atom. The van der Waals surface area contributed by atoms with Gasteiger partial charge in [-0.2, -0.15) is 0 Å². The van der Waals surface area contributed by atoms with E-state index in [1.807, 2.05) is 24.4 Å². The highest BCUT2D eigenvalue weighted by Crippen LogP contribution is 2.41. The normalized spacial score (nSPS) is 13.3. The number of imidazole rings is 1. The Morgan fingerprint density at radius 1 is 1.11 bits per heavy atom. The van der Waals surface area contributed by atoms with Gasteiger partial charge in [0.1, 0.15) is 0 Å². The summed E-state index contributed by atoms with van der Waals surface area (Å²) in [6.45, 7) is 0. The number of aromatic nitrogens is 2. The molecule has 3 N–H and O–H groups in total. The van der Waals surface area contributed by atoms with Gasteiger partial charge in [-0.3, -0.25) is 9.59 Å². The number of amides is 2. The Kier molecular flexibility index (Phi) is 5.16. The molecule has 3 aromatic rings. The number of benzene rings is 2. The van der Waals surface area contributed by atoms with Crippen LogP contribution in [-0.4, -0.2) is 27.1 Å². The van der Waals surface area contributed by atoms with Gasteiger partial charge in [-0.05, 0) is 42.7 Å². The van der Waals surface area contributed by atoms with Gasteiger partial charge in [0.2, 0.25) is 11.8 Å². The van der Waals surface area contributed by atoms with Crippen molar-refractivity contribution in [3.8, 4) is 11.3 Å². The van der Waals surface area contributed by atoms with E-state index in [4.69, 9.17) is 5.73 Å². The molecule has 142 valence electrons. The molecule has 7 heteroatoms. The summed E-state index contributed by atoms with van der Waals surface area (Å²) in [5.41, 5.74) is 8.49. The molecule has 0 saturated heterocycles. The van der Waals surface area contributed by atoms with Crippen LogP contribution in [0.1, 0.15) is 29.2 Å². The molecule has 0 radical (unpaired) electrons. The number of anilines is 1. The summed E-state index contributed by atoms with van der Waals surface area (Å²) in [4.78, 5) is 28.0. The lowest BCUT2D eigenvalue weighted by molar-refractivity contribution is -0.113. The van der Waals surface area contributed by atoms with Gasteiger partial charge >= 0.3 is 0 Å². The first-order valence-corrected chi connectivity index (χ1v) is 10.1. The molecule has 2 amide bonds. The molecule has 4 rings (SSSR count). The van der Waals surface area contributed by atoms with E-state index in [0.717, 1.165) is 29.3 Å². The maximum atomic E-state index is 12.3. The Bertz CT molecular complexity index is 995. The second-order valence-corrected chi connectivity index (χ2v) is 7.61. The first-order valence-electron chi connectivity index (χ1n) is 9.07. The molecule has 2 aromatic carbocycles. The lowest BCUT2D eigenvalue weighted by Gasteiger charge is -2.11. The molecular weight excluding hydrogens is 372 g/mol. The number of hydrogen-bond donors (Lipinski definition) is 2. The number of rotatable bonds is 7. The van der Waals surface area contributed by atoms with Crippen LogP contribution in [0.15, 0.2) is 66.0 Å². The summed E-state index contributed by atoms with van der Waals surface area (Å²) in [6.07, 6.45) is 4.17. The van der Waals surface area contributed by atoms with Crippen molar-refractivity contribution in [1.82, 2.24) is 9.55 Å². The van der Waals surface area contributed by atoms with Crippen LogP contribution in [0.4, 0.5) is 5.69 Å². The van der Waals surface area contributed by atoms with Crippen LogP contribution < -0.4 is 11.1 Å². The highest BCUT2D eigenvalue weighted by atomic mass is 32.2. The molecule has 0 aliphatic heterocycles. The van der Waals surface area contributed by atoms with E-state index in [2.05, 4.69) is 27.0 Å². The van der Waals surface area contributed by atoms with Crippen LogP contribution in [0.3, 0.4) is 0 Å². The van der Waals surface area contributed by atoms with Crippen molar-refractivity contribution in [2.75, 3.05) is 11.1 Å². The Hall–Kier alpha value is -3.06. The third-order valence-electron chi connectivity index (χ3n) is 4.53. The number of primary amides is 1. The molecule has 1 aromatic heterocycles. The van der Waals surface area contributed by atoms with Crippen LogP contribution in [0.5, 0.6) is 0 Å². The van der Waals surface area contributed by atoms with Gasteiger partial charge in [-0.15, -0.1) is 0 Å². The predicted octanol–water partition coefficient (Wildman–Crippen LogP) is 3.71. The second-order valence-electron chi connectivity index (χ2n) is 6.67. The fraction of sp³-hybridized carbons (Fsp3) is 0.190. The topological polar surface area (TPSA) is 90.0 Å². The van der Waals surface area contributed by atoms with Crippen molar-refractivity contribution in [1.29, 1.82) is 0 Å². The van der Waals surface area contributed by atoms with Gasteiger partial charge in [0, 0.05) is 17.3 Å². The summed E-state index contributed by atoms with van der Waals surface area (Å²) in [6, 6.07) is 17.2. The van der Waals surface area contributed by atoms with Crippen LogP contribution in [0.25, 0.3) is 11.3 Å². The number of nitrogens with two attached hydrogens (primary N) is 1. The lowest BCUT2D eigenvalue weighted by Crippen LogP contribution is -2.15. The third kappa shape index (κ3) is 4.09. The number of nitrogens with one attached hydrogen (secondary N) is 1. The SMILES string of the molecule is NC(=O)c1ccc(NC(=O)CSc2ncc(-c3ccccc3)n2C2CC2)cc1. The van der Waals surface area contributed by atoms with Gasteiger partial charge in [0.05, 0.1) is 17.6 Å². The largest absolute Gasteiger partial charge is 0.366 e. The van der Waals surface area contributed by atoms with Crippen molar-refractivity contribution in [3.05, 3.63) is 66.4 Å². The minimum absolute atomic E-state index is 0.122. The standard InChI is InChI=1S/C21H20N4O2S/c22-20(27)15-6-8-16(9-7-15)24-19(26)13-28-21-23-12-18(25(21)17-10-11-17)14-4-2-1-3-5-14/h1-9,12,17H,10-11,13H2,(H2,22,27)(H,24,26). The first kappa shape index (κ1) is 18.3. The molecule has 1 aliphatic rings. The second kappa shape index (κ2) is 7.90. The van der Waals surface area contributed by atoms with Crippen molar-refractivity contribution in [2.45, 2.75) is 24.0 Å². The zero-order valence-electron chi connectivity index (χ0n) is 15.2. The van der Waals surface area contributed by atoms with Crippen LogP contribution in [-0.2, 0) is 4.79 Å². The van der Waals surface area contributed by atoms with Gasteiger partial charge in [0.15, 0.2) is 5.16 Å². The smallest absolute Gasteiger partial charge is 0.248 e. The zero-order valence-corrected chi connectivity index (χ0v) is 16.0. The number of nitrogens with zero attached hydrogens (tertiary/aromatic N) is 2. The van der Waals surface area contributed by atoms with Crippen LogP contribution in [0.2, 0.25) is 0 Å². The summed E-state index contributed by atoms with van der Waals surface area (Å²) < 4.78 is 2.24. The Labute approximate surface area is 167 Å². The van der Waals surface area contributed by atoms with E-state index in [0.29, 0.717) is 17.3 Å². The van der Waals surface area contributed by atoms with E-state index in [-0.39, 0.29) is 11.7 Å². The molecule has 0 atom stereocenters. The first-order chi connectivity index (χ1) is 13.6. The van der Waals surface area contributed by atoms with Gasteiger partial charge in [0.25, 0.3) is 0 Å². The van der Waals surface area contributed by atoms with E-state index in [9.17, 15) is 9.59 Å². The number of hydrogen-bond acceptors (Lipinski definition) is 4. The summed E-state index contributed by atoms with van der Waals surface area (Å²) in [5, 5.41) is 3.69. The minimum Gasteiger partial charge on any atom is -0.366 e. The average Bonchev–Trinajstić information content (AvgIpc) is 3.46. The summed E-state index contributed by atoms with van der Waals surface area (Å²) in [7, 11) is 0. The van der Waals surface area contributed by atoms with Crippen LogP contribution >= 0.6 is 11.8 Å². The van der Waals surface area contributed by atoms with E-state index < -0.39 is 5.91 Å². The predicted molar refractivity (Wildman–Crippen MR) is 110 cm³/mol. The molecule has 6 nitrogen and oxygen atoms in total. The average molecular weight is 392 g/mol. The van der Waals surface area contributed by atoms with E-state index in [1.165, 1.54) is 11.8 Å². The monoisotopic (exact) mass is 392 g/mol. The maximum Gasteiger partial charge on any atom is 0.248 e. The minimum atomic E-state index is -0.491. The fourth-order valence-electron chi connectivity index (χ4n) is 3.00. The number of thioether (sulfide) groups is 1. The van der Waals surface area contributed by atoms with Crippen molar-refractivity contribution in [3.63, 3.8) is 0 Å². The molecule has 0 spiro atoms. The zero-order chi connectivity index (χ0) is 19.5. The van der Waals surface area contributed by atoms with Gasteiger partial charge in [-0.1, -0.05) is 42.1 Å². The third-order valence-corrected chi connectivity index (χ3v) is 5.50.